The summed E-state index contributed by atoms with van der Waals surface area (Å²) in [4.78, 5) is 10.3. The molecule has 33 heavy (non-hydrogen) atoms. The van der Waals surface area contributed by atoms with E-state index in [1.807, 2.05) is 0 Å². The van der Waals surface area contributed by atoms with Gasteiger partial charge >= 0.3 is 33.2 Å². The van der Waals surface area contributed by atoms with Crippen molar-refractivity contribution >= 4 is 43.1 Å². The van der Waals surface area contributed by atoms with E-state index in [1.165, 1.54) is 22.3 Å². The van der Waals surface area contributed by atoms with E-state index in [1.54, 1.807) is 0 Å². The fourth-order valence-corrected chi connectivity index (χ4v) is 3.78. The third-order valence-electron chi connectivity index (χ3n) is 5.77. The zero-order chi connectivity index (χ0) is 25.3. The maximum absolute atomic E-state index is 5.13. The van der Waals surface area contributed by atoms with Crippen molar-refractivity contribution in [3.8, 4) is 0 Å². The summed E-state index contributed by atoms with van der Waals surface area (Å²) < 4.78 is 0. The van der Waals surface area contributed by atoms with Crippen molar-refractivity contribution in [2.45, 2.75) is 92.9 Å². The molecule has 2 nitrogen and oxygen atoms in total. The van der Waals surface area contributed by atoms with Crippen LogP contribution in [0.15, 0.2) is 46.4 Å². The first-order valence-electron chi connectivity index (χ1n) is 11.7. The summed E-state index contributed by atoms with van der Waals surface area (Å²) in [7, 11) is 9.47. The molecule has 0 aliphatic carbocycles. The van der Waals surface area contributed by atoms with Gasteiger partial charge in [0.25, 0.3) is 0 Å². The molecule has 0 spiro atoms. The van der Waals surface area contributed by atoms with Gasteiger partial charge in [0.1, 0.15) is 0 Å². The molecule has 0 amide bonds. The summed E-state index contributed by atoms with van der Waals surface area (Å²) in [6.07, 6.45) is 0. The Kier molecular flexibility index (Phi) is 13.0. The predicted octanol–water partition coefficient (Wildman–Crippen LogP) is 10.4. The Bertz CT molecular complexity index is 830. The van der Waals surface area contributed by atoms with Crippen molar-refractivity contribution in [3.63, 3.8) is 0 Å². The van der Waals surface area contributed by atoms with Gasteiger partial charge in [-0.3, -0.25) is 9.98 Å². The Morgan fingerprint density at radius 3 is 0.970 bits per heavy atom. The van der Waals surface area contributed by atoms with Gasteiger partial charge in [0.15, 0.2) is 0 Å². The van der Waals surface area contributed by atoms with Crippen LogP contribution in [0.1, 0.15) is 115 Å². The standard InChI is InChI=1S/C28H40N2.2ClH.Co/c1-17(2)23-13-11-14-24(18(3)4)27(23)29-21(9)22(10)30-28-25(19(5)6)15-12-16-26(28)20(7)8;;;/h11-20H,1-10H3;2*1H;/q;;;+2/p-2. The molecule has 0 aromatic heterocycles. The van der Waals surface area contributed by atoms with Crippen molar-refractivity contribution in [3.05, 3.63) is 58.7 Å². The van der Waals surface area contributed by atoms with Crippen LogP contribution in [0.5, 0.6) is 0 Å². The van der Waals surface area contributed by atoms with Crippen molar-refractivity contribution in [1.29, 1.82) is 0 Å². The molecule has 2 rings (SSSR count). The van der Waals surface area contributed by atoms with E-state index in [-0.39, 0.29) is 0 Å². The molecular formula is C28H40Cl2CoN2. The van der Waals surface area contributed by atoms with Gasteiger partial charge in [0.2, 0.25) is 0 Å². The molecule has 0 N–H and O–H groups in total. The molecule has 2 aromatic rings. The van der Waals surface area contributed by atoms with Gasteiger partial charge in [-0.2, -0.15) is 0 Å². The monoisotopic (exact) mass is 533 g/mol. The first-order chi connectivity index (χ1) is 15.5. The Morgan fingerprint density at radius 2 is 0.788 bits per heavy atom. The number of benzene rings is 2. The van der Waals surface area contributed by atoms with E-state index in [4.69, 9.17) is 30.3 Å². The van der Waals surface area contributed by atoms with E-state index in [0.29, 0.717) is 36.6 Å². The summed E-state index contributed by atoms with van der Waals surface area (Å²) in [5.41, 5.74) is 9.43. The molecule has 0 bridgehead atoms. The van der Waals surface area contributed by atoms with Crippen LogP contribution in [0.3, 0.4) is 0 Å². The molecule has 0 aliphatic rings. The van der Waals surface area contributed by atoms with Crippen LogP contribution in [-0.2, 0) is 12.9 Å². The minimum absolute atomic E-state index is 0.382. The molecule has 2 aromatic carbocycles. The van der Waals surface area contributed by atoms with Crippen molar-refractivity contribution < 1.29 is 12.9 Å². The number of halogens is 2. The van der Waals surface area contributed by atoms with E-state index >= 15 is 0 Å². The fraction of sp³-hybridized carbons (Fsp3) is 0.500. The number of rotatable bonds is 7. The van der Waals surface area contributed by atoms with Crippen molar-refractivity contribution in [2.24, 2.45) is 9.98 Å². The molecule has 0 fully saturated rings. The van der Waals surface area contributed by atoms with Crippen LogP contribution in [0.4, 0.5) is 11.4 Å². The SMILES string of the molecule is CC(=Nc1c(C(C)C)cccc1C(C)C)C(C)=Nc1c(C(C)C)cccc1C(C)C.[Cl][Co][Cl]. The Labute approximate surface area is 216 Å². The normalized spacial score (nSPS) is 12.7. The van der Waals surface area contributed by atoms with Gasteiger partial charge in [0.05, 0.1) is 22.8 Å². The summed E-state index contributed by atoms with van der Waals surface area (Å²) in [5, 5.41) is 0. The maximum atomic E-state index is 5.13. The molecule has 0 aliphatic heterocycles. The third kappa shape index (κ3) is 8.54. The van der Waals surface area contributed by atoms with E-state index in [9.17, 15) is 0 Å². The molecule has 0 radical (unpaired) electrons. The van der Waals surface area contributed by atoms with Crippen LogP contribution in [0.25, 0.3) is 0 Å². The average Bonchev–Trinajstić information content (AvgIpc) is 2.73. The minimum atomic E-state index is 0.382. The zero-order valence-corrected chi connectivity index (χ0v) is 24.3. The summed E-state index contributed by atoms with van der Waals surface area (Å²) >= 11 is 0.382. The number of aliphatic imine (C=N–C) groups is 2. The first kappa shape index (κ1) is 29.9. The molecule has 0 saturated heterocycles. The van der Waals surface area contributed by atoms with E-state index < -0.39 is 0 Å². The zero-order valence-electron chi connectivity index (χ0n) is 21.8. The van der Waals surface area contributed by atoms with Crippen LogP contribution in [0, 0.1) is 0 Å². The van der Waals surface area contributed by atoms with Gasteiger partial charge in [-0.05, 0) is 59.8 Å². The molecule has 0 heterocycles. The molecule has 5 heteroatoms. The molecule has 0 atom stereocenters. The van der Waals surface area contributed by atoms with Crippen molar-refractivity contribution in [1.82, 2.24) is 0 Å². The van der Waals surface area contributed by atoms with Gasteiger partial charge in [-0.1, -0.05) is 91.8 Å². The Balaban J connectivity index is 0.00000172. The van der Waals surface area contributed by atoms with Gasteiger partial charge in [-0.15, -0.1) is 0 Å². The third-order valence-corrected chi connectivity index (χ3v) is 5.77. The van der Waals surface area contributed by atoms with Crippen LogP contribution in [0.2, 0.25) is 0 Å². The summed E-state index contributed by atoms with van der Waals surface area (Å²) in [6, 6.07) is 13.2. The Hall–Kier alpha value is -1.13. The molecular weight excluding hydrogens is 494 g/mol. The average molecular weight is 534 g/mol. The number of hydrogen-bond donors (Lipinski definition) is 0. The number of hydrogen-bond acceptors (Lipinski definition) is 2. The van der Waals surface area contributed by atoms with Crippen molar-refractivity contribution in [2.75, 3.05) is 0 Å². The molecule has 185 valence electrons. The number of nitrogens with zero attached hydrogens (tertiary/aromatic N) is 2. The van der Waals surface area contributed by atoms with E-state index in [0.717, 1.165) is 22.8 Å². The predicted molar refractivity (Wildman–Crippen MR) is 146 cm³/mol. The topological polar surface area (TPSA) is 24.7 Å². The van der Waals surface area contributed by atoms with Gasteiger partial charge < -0.3 is 0 Å². The second kappa shape index (κ2) is 14.3. The van der Waals surface area contributed by atoms with Crippen LogP contribution in [-0.4, -0.2) is 11.4 Å². The number of para-hydroxylation sites is 2. The second-order valence-electron chi connectivity index (χ2n) is 9.63. The Morgan fingerprint density at radius 1 is 0.576 bits per heavy atom. The van der Waals surface area contributed by atoms with Crippen LogP contribution >= 0.6 is 20.3 Å². The van der Waals surface area contributed by atoms with Gasteiger partial charge in [0, 0.05) is 0 Å². The van der Waals surface area contributed by atoms with Crippen LogP contribution < -0.4 is 0 Å². The summed E-state index contributed by atoms with van der Waals surface area (Å²) in [5.74, 6) is 1.73. The molecule has 0 unspecified atom stereocenters. The second-order valence-corrected chi connectivity index (χ2v) is 11.4. The van der Waals surface area contributed by atoms with Gasteiger partial charge in [-0.25, -0.2) is 0 Å². The summed E-state index contributed by atoms with van der Waals surface area (Å²) in [6.45, 7) is 22.1. The first-order valence-corrected chi connectivity index (χ1v) is 14.5. The quantitative estimate of drug-likeness (QED) is 0.316. The molecule has 0 saturated carbocycles. The fourth-order valence-electron chi connectivity index (χ4n) is 3.78. The van der Waals surface area contributed by atoms with E-state index in [2.05, 4.69) is 106 Å².